The molecule has 2 aromatic rings. The fourth-order valence-electron chi connectivity index (χ4n) is 2.31. The maximum absolute atomic E-state index is 9.77. The lowest BCUT2D eigenvalue weighted by Gasteiger charge is -2.14. The average molecular weight is 291 g/mol. The molecule has 1 atom stereocenters. The van der Waals surface area contributed by atoms with Crippen molar-refractivity contribution in [3.8, 4) is 11.5 Å². The summed E-state index contributed by atoms with van der Waals surface area (Å²) in [6.07, 6.45) is 0. The molecule has 0 unspecified atom stereocenters. The van der Waals surface area contributed by atoms with Gasteiger partial charge in [-0.15, -0.1) is 11.3 Å². The fraction of sp³-hybridized carbons (Fsp3) is 0.375. The number of aryl methyl sites for hydroxylation is 2. The van der Waals surface area contributed by atoms with E-state index in [-0.39, 0.29) is 5.75 Å². The maximum Gasteiger partial charge on any atom is 0.160 e. The van der Waals surface area contributed by atoms with E-state index in [1.165, 1.54) is 15.3 Å². The maximum atomic E-state index is 9.77. The van der Waals surface area contributed by atoms with Crippen LogP contribution in [-0.4, -0.2) is 12.2 Å². The average Bonchev–Trinajstić information content (AvgIpc) is 2.75. The van der Waals surface area contributed by atoms with Crippen molar-refractivity contribution in [2.45, 2.75) is 33.4 Å². The lowest BCUT2D eigenvalue weighted by atomic mass is 10.1. The van der Waals surface area contributed by atoms with Crippen molar-refractivity contribution < 1.29 is 9.84 Å². The molecule has 0 radical (unpaired) electrons. The molecule has 2 N–H and O–H groups in total. The van der Waals surface area contributed by atoms with Crippen LogP contribution >= 0.6 is 11.3 Å². The second-order valence-corrected chi connectivity index (χ2v) is 6.44. The summed E-state index contributed by atoms with van der Waals surface area (Å²) >= 11 is 1.83. The van der Waals surface area contributed by atoms with Crippen LogP contribution in [-0.2, 0) is 6.54 Å². The molecular formula is C16H21NO2S. The van der Waals surface area contributed by atoms with Gasteiger partial charge in [0.1, 0.15) is 0 Å². The van der Waals surface area contributed by atoms with Gasteiger partial charge in [0, 0.05) is 22.3 Å². The number of thiophene rings is 1. The van der Waals surface area contributed by atoms with E-state index in [1.807, 2.05) is 17.4 Å². The molecule has 0 bridgehead atoms. The smallest absolute Gasteiger partial charge is 0.160 e. The van der Waals surface area contributed by atoms with Gasteiger partial charge in [-0.1, -0.05) is 6.07 Å². The molecular weight excluding hydrogens is 270 g/mol. The van der Waals surface area contributed by atoms with Crippen LogP contribution in [0.15, 0.2) is 24.3 Å². The number of phenolic OH excluding ortho intramolecular Hbond substituents is 1. The van der Waals surface area contributed by atoms with E-state index in [1.54, 1.807) is 19.2 Å². The Balaban J connectivity index is 2.01. The zero-order chi connectivity index (χ0) is 14.7. The minimum Gasteiger partial charge on any atom is -0.504 e. The molecule has 3 nitrogen and oxygen atoms in total. The summed E-state index contributed by atoms with van der Waals surface area (Å²) in [6.45, 7) is 7.17. The Labute approximate surface area is 124 Å². The van der Waals surface area contributed by atoms with E-state index in [2.05, 4.69) is 32.2 Å². The molecule has 108 valence electrons. The van der Waals surface area contributed by atoms with Gasteiger partial charge in [-0.3, -0.25) is 0 Å². The number of ether oxygens (including phenoxy) is 1. The van der Waals surface area contributed by atoms with Gasteiger partial charge in [0.05, 0.1) is 7.11 Å². The predicted molar refractivity (Wildman–Crippen MR) is 83.7 cm³/mol. The van der Waals surface area contributed by atoms with Crippen LogP contribution in [0.5, 0.6) is 11.5 Å². The van der Waals surface area contributed by atoms with Crippen LogP contribution in [0.4, 0.5) is 0 Å². The summed E-state index contributed by atoms with van der Waals surface area (Å²) in [5.41, 5.74) is 2.39. The normalized spacial score (nSPS) is 12.4. The van der Waals surface area contributed by atoms with Gasteiger partial charge in [0.15, 0.2) is 11.5 Å². The van der Waals surface area contributed by atoms with Crippen LogP contribution in [0, 0.1) is 13.8 Å². The predicted octanol–water partition coefficient (Wildman–Crippen LogP) is 3.93. The zero-order valence-electron chi connectivity index (χ0n) is 12.4. The van der Waals surface area contributed by atoms with E-state index in [0.717, 1.165) is 5.56 Å². The lowest BCUT2D eigenvalue weighted by Crippen LogP contribution is -2.18. The summed E-state index contributed by atoms with van der Waals surface area (Å²) in [5, 5.41) is 13.3. The number of benzene rings is 1. The molecule has 1 aromatic carbocycles. The van der Waals surface area contributed by atoms with Crippen LogP contribution in [0.3, 0.4) is 0 Å². The lowest BCUT2D eigenvalue weighted by molar-refractivity contribution is 0.373. The molecule has 0 fully saturated rings. The molecule has 0 saturated heterocycles. The minimum atomic E-state index is 0.182. The molecule has 4 heteroatoms. The number of hydrogen-bond acceptors (Lipinski definition) is 4. The molecule has 0 saturated carbocycles. The second kappa shape index (κ2) is 6.29. The highest BCUT2D eigenvalue weighted by Crippen LogP contribution is 2.28. The molecule has 20 heavy (non-hydrogen) atoms. The van der Waals surface area contributed by atoms with Gasteiger partial charge < -0.3 is 15.2 Å². The number of nitrogens with one attached hydrogen (secondary N) is 1. The first-order chi connectivity index (χ1) is 9.51. The Morgan fingerprint density at radius 2 is 2.05 bits per heavy atom. The van der Waals surface area contributed by atoms with Crippen LogP contribution in [0.2, 0.25) is 0 Å². The zero-order valence-corrected chi connectivity index (χ0v) is 13.2. The van der Waals surface area contributed by atoms with E-state index in [9.17, 15) is 5.11 Å². The first-order valence-electron chi connectivity index (χ1n) is 6.67. The molecule has 0 amide bonds. The van der Waals surface area contributed by atoms with Gasteiger partial charge >= 0.3 is 0 Å². The second-order valence-electron chi connectivity index (χ2n) is 4.98. The Morgan fingerprint density at radius 1 is 1.30 bits per heavy atom. The van der Waals surface area contributed by atoms with Crippen molar-refractivity contribution in [2.75, 3.05) is 7.11 Å². The first kappa shape index (κ1) is 14.9. The summed E-state index contributed by atoms with van der Waals surface area (Å²) < 4.78 is 5.04. The van der Waals surface area contributed by atoms with Crippen molar-refractivity contribution in [2.24, 2.45) is 0 Å². The summed E-state index contributed by atoms with van der Waals surface area (Å²) in [4.78, 5) is 2.70. The molecule has 0 aliphatic carbocycles. The topological polar surface area (TPSA) is 41.5 Å². The van der Waals surface area contributed by atoms with E-state index in [0.29, 0.717) is 18.3 Å². The Morgan fingerprint density at radius 3 is 2.60 bits per heavy atom. The highest BCUT2D eigenvalue weighted by atomic mass is 32.1. The number of phenols is 1. The van der Waals surface area contributed by atoms with Gasteiger partial charge in [0.25, 0.3) is 0 Å². The molecule has 0 spiro atoms. The van der Waals surface area contributed by atoms with E-state index >= 15 is 0 Å². The van der Waals surface area contributed by atoms with Crippen molar-refractivity contribution >= 4 is 11.3 Å². The van der Waals surface area contributed by atoms with Gasteiger partial charge in [0.2, 0.25) is 0 Å². The van der Waals surface area contributed by atoms with Crippen LogP contribution < -0.4 is 10.1 Å². The Bertz CT molecular complexity index is 592. The molecule has 0 aliphatic rings. The monoisotopic (exact) mass is 291 g/mol. The van der Waals surface area contributed by atoms with Crippen molar-refractivity contribution in [3.05, 3.63) is 45.1 Å². The molecule has 1 heterocycles. The Kier molecular flexibility index (Phi) is 4.68. The molecule has 0 aliphatic heterocycles. The van der Waals surface area contributed by atoms with Gasteiger partial charge in [-0.25, -0.2) is 0 Å². The standard InChI is InChI=1S/C16H21NO2S/c1-10-7-14(12(3)20-10)11(2)17-9-13-5-6-16(19-4)15(18)8-13/h5-8,11,17-18H,9H2,1-4H3/t11-/m1/s1. The first-order valence-corrected chi connectivity index (χ1v) is 7.49. The number of aromatic hydroxyl groups is 1. The molecule has 1 aromatic heterocycles. The summed E-state index contributed by atoms with van der Waals surface area (Å²) in [5.74, 6) is 0.688. The van der Waals surface area contributed by atoms with Gasteiger partial charge in [-0.05, 0) is 50.1 Å². The number of methoxy groups -OCH3 is 1. The van der Waals surface area contributed by atoms with E-state index < -0.39 is 0 Å². The van der Waals surface area contributed by atoms with Crippen molar-refractivity contribution in [1.29, 1.82) is 0 Å². The quantitative estimate of drug-likeness (QED) is 0.877. The number of rotatable bonds is 5. The van der Waals surface area contributed by atoms with Gasteiger partial charge in [-0.2, -0.15) is 0 Å². The van der Waals surface area contributed by atoms with E-state index in [4.69, 9.17) is 4.74 Å². The number of hydrogen-bond donors (Lipinski definition) is 2. The third-order valence-electron chi connectivity index (χ3n) is 3.40. The van der Waals surface area contributed by atoms with Crippen LogP contribution in [0.25, 0.3) is 0 Å². The minimum absolute atomic E-state index is 0.182. The van der Waals surface area contributed by atoms with Crippen molar-refractivity contribution in [1.82, 2.24) is 5.32 Å². The highest BCUT2D eigenvalue weighted by Gasteiger charge is 2.11. The SMILES string of the molecule is COc1ccc(CN[C@H](C)c2cc(C)sc2C)cc1O. The van der Waals surface area contributed by atoms with Crippen molar-refractivity contribution in [3.63, 3.8) is 0 Å². The Hall–Kier alpha value is -1.52. The fourth-order valence-corrected chi connectivity index (χ4v) is 3.33. The largest absolute Gasteiger partial charge is 0.504 e. The summed E-state index contributed by atoms with van der Waals surface area (Å²) in [6, 6.07) is 8.03. The molecule has 2 rings (SSSR count). The van der Waals surface area contributed by atoms with Crippen LogP contribution in [0.1, 0.15) is 33.8 Å². The third-order valence-corrected chi connectivity index (χ3v) is 4.38. The highest BCUT2D eigenvalue weighted by molar-refractivity contribution is 7.12. The third kappa shape index (κ3) is 3.32. The summed E-state index contributed by atoms with van der Waals surface area (Å²) in [7, 11) is 1.55.